The largest absolute Gasteiger partial charge is 0.497 e. The van der Waals surface area contributed by atoms with Gasteiger partial charge < -0.3 is 14.6 Å². The van der Waals surface area contributed by atoms with E-state index in [-0.39, 0.29) is 0 Å². The summed E-state index contributed by atoms with van der Waals surface area (Å²) in [6.45, 7) is 0. The molecule has 1 N–H and O–H groups in total. The topological polar surface area (TPSA) is 86.0 Å². The molecule has 0 atom stereocenters. The molecule has 0 saturated heterocycles. The first-order valence-corrected chi connectivity index (χ1v) is 10.3. The van der Waals surface area contributed by atoms with E-state index in [1.807, 2.05) is 41.1 Å². The Hall–Kier alpha value is -2.43. The van der Waals surface area contributed by atoms with Crippen LogP contribution in [0.3, 0.4) is 0 Å². The van der Waals surface area contributed by atoms with Gasteiger partial charge in [-0.2, -0.15) is 16.3 Å². The van der Waals surface area contributed by atoms with Gasteiger partial charge in [0.15, 0.2) is 4.34 Å². The normalized spacial score (nSPS) is 10.8. The van der Waals surface area contributed by atoms with Gasteiger partial charge in [0.2, 0.25) is 16.8 Å². The van der Waals surface area contributed by atoms with Crippen molar-refractivity contribution < 1.29 is 9.26 Å². The second-order valence-corrected chi connectivity index (χ2v) is 8.02. The van der Waals surface area contributed by atoms with Crippen molar-refractivity contribution in [2.45, 2.75) is 10.1 Å². The third-order valence-corrected chi connectivity index (χ3v) is 5.95. The van der Waals surface area contributed by atoms with E-state index in [0.717, 1.165) is 26.5 Å². The van der Waals surface area contributed by atoms with E-state index in [4.69, 9.17) is 9.26 Å². The van der Waals surface area contributed by atoms with Gasteiger partial charge in [0.1, 0.15) is 5.75 Å². The molecule has 0 unspecified atom stereocenters. The van der Waals surface area contributed by atoms with Crippen LogP contribution < -0.4 is 10.1 Å². The van der Waals surface area contributed by atoms with Crippen LogP contribution in [0.25, 0.3) is 11.4 Å². The van der Waals surface area contributed by atoms with Gasteiger partial charge in [0, 0.05) is 16.6 Å². The number of thioether (sulfide) groups is 1. The summed E-state index contributed by atoms with van der Waals surface area (Å²) in [4.78, 5) is 4.40. The number of nitrogens with one attached hydrogen (secondary N) is 1. The van der Waals surface area contributed by atoms with Crippen molar-refractivity contribution in [2.24, 2.45) is 0 Å². The SMILES string of the molecule is COc1ccc(Nc2nnc(SCc3nc(-c4ccsc4)no3)s2)cc1. The van der Waals surface area contributed by atoms with Crippen LogP contribution in [0.1, 0.15) is 5.89 Å². The highest BCUT2D eigenvalue weighted by molar-refractivity contribution is 8.00. The Balaban J connectivity index is 1.34. The molecule has 4 rings (SSSR count). The first-order chi connectivity index (χ1) is 12.8. The van der Waals surface area contributed by atoms with Crippen LogP contribution in [0.4, 0.5) is 10.8 Å². The van der Waals surface area contributed by atoms with Crippen molar-refractivity contribution in [1.29, 1.82) is 0 Å². The Labute approximate surface area is 161 Å². The molecule has 132 valence electrons. The smallest absolute Gasteiger partial charge is 0.237 e. The lowest BCUT2D eigenvalue weighted by molar-refractivity contribution is 0.391. The maximum absolute atomic E-state index is 5.29. The van der Waals surface area contributed by atoms with Gasteiger partial charge in [-0.25, -0.2) is 0 Å². The molecule has 0 spiro atoms. The predicted molar refractivity (Wildman–Crippen MR) is 103 cm³/mol. The Morgan fingerprint density at radius 2 is 2.08 bits per heavy atom. The summed E-state index contributed by atoms with van der Waals surface area (Å²) in [5.74, 6) is 2.54. The molecular weight excluding hydrogens is 390 g/mol. The highest BCUT2D eigenvalue weighted by Gasteiger charge is 2.11. The van der Waals surface area contributed by atoms with E-state index in [2.05, 4.69) is 25.7 Å². The third kappa shape index (κ3) is 4.03. The second-order valence-electron chi connectivity index (χ2n) is 5.04. The lowest BCUT2D eigenvalue weighted by atomic mass is 10.3. The minimum atomic E-state index is 0.550. The lowest BCUT2D eigenvalue weighted by Gasteiger charge is -2.03. The molecule has 3 aromatic heterocycles. The molecule has 0 aliphatic rings. The summed E-state index contributed by atoms with van der Waals surface area (Å²) in [6.07, 6.45) is 0. The van der Waals surface area contributed by atoms with Crippen molar-refractivity contribution in [1.82, 2.24) is 20.3 Å². The number of aromatic nitrogens is 4. The van der Waals surface area contributed by atoms with E-state index in [1.165, 1.54) is 23.1 Å². The second kappa shape index (κ2) is 7.85. The van der Waals surface area contributed by atoms with E-state index in [1.54, 1.807) is 18.4 Å². The fourth-order valence-electron chi connectivity index (χ4n) is 2.06. The van der Waals surface area contributed by atoms with Gasteiger partial charge in [-0.15, -0.1) is 10.2 Å². The molecule has 0 aliphatic carbocycles. The van der Waals surface area contributed by atoms with Crippen molar-refractivity contribution in [3.63, 3.8) is 0 Å². The zero-order valence-electron chi connectivity index (χ0n) is 13.6. The molecule has 0 radical (unpaired) electrons. The van der Waals surface area contributed by atoms with E-state index in [9.17, 15) is 0 Å². The Kier molecular flexibility index (Phi) is 5.14. The molecule has 7 nitrogen and oxygen atoms in total. The van der Waals surface area contributed by atoms with Crippen molar-refractivity contribution >= 4 is 45.3 Å². The third-order valence-electron chi connectivity index (χ3n) is 3.31. The number of hydrogen-bond donors (Lipinski definition) is 1. The molecule has 0 saturated carbocycles. The summed E-state index contributed by atoms with van der Waals surface area (Å²) in [5.41, 5.74) is 1.90. The number of anilines is 2. The standard InChI is InChI=1S/C16H13N5O2S3/c1-22-12-4-2-11(3-5-12)17-15-19-20-16(26-15)25-9-13-18-14(21-23-13)10-6-7-24-8-10/h2-8H,9H2,1H3,(H,17,19). The average molecular weight is 404 g/mol. The molecule has 10 heteroatoms. The maximum atomic E-state index is 5.29. The highest BCUT2D eigenvalue weighted by Crippen LogP contribution is 2.30. The predicted octanol–water partition coefficient (Wildman–Crippen LogP) is 4.69. The van der Waals surface area contributed by atoms with E-state index in [0.29, 0.717) is 17.5 Å². The Morgan fingerprint density at radius 3 is 2.85 bits per heavy atom. The van der Waals surface area contributed by atoms with Crippen LogP contribution in [-0.2, 0) is 5.75 Å². The minimum absolute atomic E-state index is 0.550. The number of hydrogen-bond acceptors (Lipinski definition) is 10. The summed E-state index contributed by atoms with van der Waals surface area (Å²) in [6, 6.07) is 9.60. The fourth-order valence-corrected chi connectivity index (χ4v) is 4.31. The summed E-state index contributed by atoms with van der Waals surface area (Å²) < 4.78 is 11.3. The minimum Gasteiger partial charge on any atom is -0.497 e. The summed E-state index contributed by atoms with van der Waals surface area (Å²) in [7, 11) is 1.64. The highest BCUT2D eigenvalue weighted by atomic mass is 32.2. The first-order valence-electron chi connectivity index (χ1n) is 7.53. The average Bonchev–Trinajstić information content (AvgIpc) is 3.42. The monoisotopic (exact) mass is 403 g/mol. The zero-order chi connectivity index (χ0) is 17.8. The van der Waals surface area contributed by atoms with Crippen LogP contribution in [0.2, 0.25) is 0 Å². The Bertz CT molecular complexity index is 966. The quantitative estimate of drug-likeness (QED) is 0.445. The first kappa shape index (κ1) is 17.0. The number of thiophene rings is 1. The molecule has 0 fully saturated rings. The molecule has 4 aromatic rings. The zero-order valence-corrected chi connectivity index (χ0v) is 16.0. The molecule has 3 heterocycles. The Morgan fingerprint density at radius 1 is 1.19 bits per heavy atom. The molecule has 0 aliphatic heterocycles. The lowest BCUT2D eigenvalue weighted by Crippen LogP contribution is -1.89. The van der Waals surface area contributed by atoms with Gasteiger partial charge in [0.05, 0.1) is 12.9 Å². The van der Waals surface area contributed by atoms with E-state index >= 15 is 0 Å². The number of nitrogens with zero attached hydrogens (tertiary/aromatic N) is 4. The van der Waals surface area contributed by atoms with Gasteiger partial charge in [-0.3, -0.25) is 0 Å². The van der Waals surface area contributed by atoms with Gasteiger partial charge in [-0.1, -0.05) is 28.3 Å². The van der Waals surface area contributed by atoms with Crippen LogP contribution in [0, 0.1) is 0 Å². The number of benzene rings is 1. The van der Waals surface area contributed by atoms with Gasteiger partial charge in [-0.05, 0) is 35.7 Å². The molecule has 26 heavy (non-hydrogen) atoms. The van der Waals surface area contributed by atoms with Crippen LogP contribution >= 0.6 is 34.4 Å². The number of rotatable bonds is 7. The van der Waals surface area contributed by atoms with Crippen LogP contribution in [0.5, 0.6) is 5.75 Å². The van der Waals surface area contributed by atoms with Crippen LogP contribution in [0.15, 0.2) is 50.0 Å². The van der Waals surface area contributed by atoms with Crippen molar-refractivity contribution in [3.05, 3.63) is 47.0 Å². The molecule has 0 amide bonds. The van der Waals surface area contributed by atoms with Gasteiger partial charge in [0.25, 0.3) is 0 Å². The summed E-state index contributed by atoms with van der Waals surface area (Å²) in [5, 5.41) is 20.2. The molecule has 1 aromatic carbocycles. The van der Waals surface area contributed by atoms with Crippen molar-refractivity contribution in [2.75, 3.05) is 12.4 Å². The maximum Gasteiger partial charge on any atom is 0.237 e. The number of ether oxygens (including phenoxy) is 1. The van der Waals surface area contributed by atoms with Crippen LogP contribution in [-0.4, -0.2) is 27.4 Å². The number of methoxy groups -OCH3 is 1. The van der Waals surface area contributed by atoms with Crippen molar-refractivity contribution in [3.8, 4) is 17.1 Å². The molecule has 0 bridgehead atoms. The fraction of sp³-hybridized carbons (Fsp3) is 0.125. The van der Waals surface area contributed by atoms with E-state index < -0.39 is 0 Å². The van der Waals surface area contributed by atoms with Gasteiger partial charge >= 0.3 is 0 Å². The summed E-state index contributed by atoms with van der Waals surface area (Å²) >= 11 is 4.59. The molecular formula is C16H13N5O2S3.